The Morgan fingerprint density at radius 3 is 2.92 bits per heavy atom. The van der Waals surface area contributed by atoms with Crippen molar-refractivity contribution in [3.05, 3.63) is 45.8 Å². The van der Waals surface area contributed by atoms with Crippen LogP contribution in [0, 0.1) is 10.1 Å². The lowest BCUT2D eigenvalue weighted by Gasteiger charge is -2.04. The molecule has 2 N–H and O–H groups in total. The number of hydrogen-bond donors (Lipinski definition) is 2. The summed E-state index contributed by atoms with van der Waals surface area (Å²) in [4.78, 5) is 10.2. The third-order valence-corrected chi connectivity index (χ3v) is 1.61. The zero-order valence-electron chi connectivity index (χ0n) is 7.28. The van der Waals surface area contributed by atoms with E-state index in [1.54, 1.807) is 31.4 Å². The van der Waals surface area contributed by atoms with Gasteiger partial charge in [-0.1, -0.05) is 18.2 Å². The average molecular weight is 181 g/mol. The molecule has 0 fully saturated rings. The van der Waals surface area contributed by atoms with E-state index in [1.807, 2.05) is 0 Å². The molecule has 0 aromatic carbocycles. The summed E-state index contributed by atoms with van der Waals surface area (Å²) in [6.07, 6.45) is 7.30. The van der Waals surface area contributed by atoms with E-state index >= 15 is 0 Å². The van der Waals surface area contributed by atoms with Crippen molar-refractivity contribution in [3.8, 4) is 0 Å². The Labute approximate surface area is 75.9 Å². The molecule has 0 bridgehead atoms. The maximum Gasteiger partial charge on any atom is 0.274 e. The van der Waals surface area contributed by atoms with Gasteiger partial charge >= 0.3 is 0 Å². The number of hydrogen-bond acceptors (Lipinski definition) is 4. The molecular weight excluding hydrogens is 170 g/mol. The second-order valence-corrected chi connectivity index (χ2v) is 2.48. The highest BCUT2D eigenvalue weighted by Gasteiger charge is 2.15. The lowest BCUT2D eigenvalue weighted by Crippen LogP contribution is -2.28. The topological polar surface area (TPSA) is 67.2 Å². The van der Waals surface area contributed by atoms with Crippen molar-refractivity contribution in [1.82, 2.24) is 10.9 Å². The fourth-order valence-corrected chi connectivity index (χ4v) is 1.04. The first-order chi connectivity index (χ1) is 6.25. The molecule has 0 heterocycles. The van der Waals surface area contributed by atoms with Crippen molar-refractivity contribution in [1.29, 1.82) is 0 Å². The van der Waals surface area contributed by atoms with Gasteiger partial charge < -0.3 is 5.43 Å². The third-order valence-electron chi connectivity index (χ3n) is 1.61. The fourth-order valence-electron chi connectivity index (χ4n) is 1.04. The smallest absolute Gasteiger partial charge is 0.274 e. The Morgan fingerprint density at radius 1 is 1.54 bits per heavy atom. The second-order valence-electron chi connectivity index (χ2n) is 2.48. The molecule has 0 aromatic heterocycles. The molecule has 1 aliphatic rings. The molecule has 0 amide bonds. The highest BCUT2D eigenvalue weighted by molar-refractivity contribution is 5.27. The Balaban J connectivity index is 2.95. The standard InChI is InChI=1S/C8H11N3O2/c1-9-10-7-5-3-2-4-6-8(7)11(12)13/h2-5,9-10H,6H2,1H3. The number of hydrazine groups is 1. The molecule has 0 atom stereocenters. The minimum atomic E-state index is -0.375. The molecule has 13 heavy (non-hydrogen) atoms. The van der Waals surface area contributed by atoms with Gasteiger partial charge in [0.1, 0.15) is 5.70 Å². The first-order valence-corrected chi connectivity index (χ1v) is 3.89. The minimum Gasteiger partial charge on any atom is -0.316 e. The summed E-state index contributed by atoms with van der Waals surface area (Å²) in [6.45, 7) is 0. The molecular formula is C8H11N3O2. The monoisotopic (exact) mass is 181 g/mol. The summed E-state index contributed by atoms with van der Waals surface area (Å²) in [6, 6.07) is 0. The van der Waals surface area contributed by atoms with Crippen LogP contribution < -0.4 is 10.9 Å². The largest absolute Gasteiger partial charge is 0.316 e. The maximum atomic E-state index is 10.6. The van der Waals surface area contributed by atoms with Crippen molar-refractivity contribution >= 4 is 0 Å². The van der Waals surface area contributed by atoms with E-state index in [4.69, 9.17) is 0 Å². The first kappa shape index (κ1) is 9.47. The molecule has 5 nitrogen and oxygen atoms in total. The predicted octanol–water partition coefficient (Wildman–Crippen LogP) is 0.715. The van der Waals surface area contributed by atoms with Gasteiger partial charge in [-0.25, -0.2) is 5.43 Å². The molecule has 0 unspecified atom stereocenters. The van der Waals surface area contributed by atoms with Crippen molar-refractivity contribution in [2.75, 3.05) is 7.05 Å². The van der Waals surface area contributed by atoms with Crippen LogP contribution in [0.25, 0.3) is 0 Å². The van der Waals surface area contributed by atoms with Crippen LogP contribution in [0.5, 0.6) is 0 Å². The molecule has 0 radical (unpaired) electrons. The van der Waals surface area contributed by atoms with Crippen LogP contribution in [0.1, 0.15) is 6.42 Å². The highest BCUT2D eigenvalue weighted by atomic mass is 16.6. The molecule has 0 saturated carbocycles. The molecule has 70 valence electrons. The summed E-state index contributed by atoms with van der Waals surface area (Å²) in [5, 5.41) is 10.6. The summed E-state index contributed by atoms with van der Waals surface area (Å²) >= 11 is 0. The summed E-state index contributed by atoms with van der Waals surface area (Å²) in [5.41, 5.74) is 6.04. The Hall–Kier alpha value is -1.62. The molecule has 0 aromatic rings. The van der Waals surface area contributed by atoms with Gasteiger partial charge in [0.25, 0.3) is 5.70 Å². The Bertz CT molecular complexity index is 292. The number of nitrogens with zero attached hydrogens (tertiary/aromatic N) is 1. The van der Waals surface area contributed by atoms with Crippen molar-refractivity contribution < 1.29 is 4.92 Å². The molecule has 5 heteroatoms. The lowest BCUT2D eigenvalue weighted by atomic mass is 10.2. The maximum absolute atomic E-state index is 10.6. The van der Waals surface area contributed by atoms with E-state index in [0.29, 0.717) is 12.1 Å². The van der Waals surface area contributed by atoms with E-state index < -0.39 is 0 Å². The van der Waals surface area contributed by atoms with Crippen LogP contribution in [0.3, 0.4) is 0 Å². The predicted molar refractivity (Wildman–Crippen MR) is 49.1 cm³/mol. The van der Waals surface area contributed by atoms with Gasteiger partial charge in [-0.2, -0.15) is 0 Å². The molecule has 1 rings (SSSR count). The second kappa shape index (κ2) is 4.42. The van der Waals surface area contributed by atoms with Gasteiger partial charge in [0.2, 0.25) is 0 Å². The van der Waals surface area contributed by atoms with Gasteiger partial charge in [0.05, 0.1) is 11.3 Å². The van der Waals surface area contributed by atoms with Crippen LogP contribution in [0.15, 0.2) is 35.7 Å². The molecule has 1 aliphatic carbocycles. The van der Waals surface area contributed by atoms with Gasteiger partial charge in [-0.3, -0.25) is 10.1 Å². The van der Waals surface area contributed by atoms with Crippen molar-refractivity contribution in [2.45, 2.75) is 6.42 Å². The zero-order valence-corrected chi connectivity index (χ0v) is 7.28. The van der Waals surface area contributed by atoms with Crippen LogP contribution in [-0.4, -0.2) is 12.0 Å². The van der Waals surface area contributed by atoms with Gasteiger partial charge in [0, 0.05) is 7.05 Å². The SMILES string of the molecule is CNNC1=C([N+](=O)[O-])CC=CC=C1. The lowest BCUT2D eigenvalue weighted by molar-refractivity contribution is -0.428. The summed E-state index contributed by atoms with van der Waals surface area (Å²) < 4.78 is 0. The fraction of sp³-hybridized carbons (Fsp3) is 0.250. The van der Waals surface area contributed by atoms with Gasteiger partial charge in [-0.05, 0) is 6.08 Å². The van der Waals surface area contributed by atoms with Crippen LogP contribution in [-0.2, 0) is 0 Å². The third kappa shape index (κ3) is 2.41. The van der Waals surface area contributed by atoms with Crippen molar-refractivity contribution in [2.24, 2.45) is 0 Å². The van der Waals surface area contributed by atoms with Gasteiger partial charge in [-0.15, -0.1) is 0 Å². The zero-order chi connectivity index (χ0) is 9.68. The van der Waals surface area contributed by atoms with E-state index in [0.717, 1.165) is 0 Å². The van der Waals surface area contributed by atoms with E-state index in [-0.39, 0.29) is 10.6 Å². The van der Waals surface area contributed by atoms with Gasteiger partial charge in [0.15, 0.2) is 0 Å². The number of allylic oxidation sites excluding steroid dienone is 4. The first-order valence-electron chi connectivity index (χ1n) is 3.89. The molecule has 0 saturated heterocycles. The van der Waals surface area contributed by atoms with Crippen molar-refractivity contribution in [3.63, 3.8) is 0 Å². The number of nitro groups is 1. The quantitative estimate of drug-likeness (QED) is 0.497. The molecule has 0 spiro atoms. The highest BCUT2D eigenvalue weighted by Crippen LogP contribution is 2.12. The van der Waals surface area contributed by atoms with E-state index in [9.17, 15) is 10.1 Å². The Morgan fingerprint density at radius 2 is 2.31 bits per heavy atom. The number of rotatable bonds is 3. The van der Waals surface area contributed by atoms with E-state index in [1.165, 1.54) is 0 Å². The minimum absolute atomic E-state index is 0.166. The summed E-state index contributed by atoms with van der Waals surface area (Å²) in [5.74, 6) is 0. The van der Waals surface area contributed by atoms with Crippen LogP contribution in [0.4, 0.5) is 0 Å². The normalized spacial score (nSPS) is 15.8. The number of nitrogens with one attached hydrogen (secondary N) is 2. The van der Waals surface area contributed by atoms with Crippen LogP contribution >= 0.6 is 0 Å². The average Bonchev–Trinajstić information content (AvgIpc) is 2.30. The Kier molecular flexibility index (Phi) is 3.22. The molecule has 0 aliphatic heterocycles. The van der Waals surface area contributed by atoms with Crippen LogP contribution in [0.2, 0.25) is 0 Å². The van der Waals surface area contributed by atoms with E-state index in [2.05, 4.69) is 10.9 Å². The summed E-state index contributed by atoms with van der Waals surface area (Å²) in [7, 11) is 1.66.